The Morgan fingerprint density at radius 2 is 1.57 bits per heavy atom. The summed E-state index contributed by atoms with van der Waals surface area (Å²) in [4.78, 5) is 21.5. The van der Waals surface area contributed by atoms with E-state index >= 15 is 0 Å². The van der Waals surface area contributed by atoms with Crippen molar-refractivity contribution in [2.75, 3.05) is 23.3 Å². The number of hydrogen-bond donors (Lipinski definition) is 2. The van der Waals surface area contributed by atoms with Gasteiger partial charge in [0.05, 0.1) is 11.4 Å². The van der Waals surface area contributed by atoms with Gasteiger partial charge in [-0.25, -0.2) is 4.98 Å². The first kappa shape index (κ1) is 31.5. The van der Waals surface area contributed by atoms with E-state index in [0.29, 0.717) is 5.65 Å². The normalized spacial score (nSPS) is 11.3. The molecule has 220 valence electrons. The molecule has 1 aromatic carbocycles. The number of nitrogens with one attached hydrogen (secondary N) is 2. The van der Waals surface area contributed by atoms with Gasteiger partial charge in [0.2, 0.25) is 0 Å². The molecule has 0 unspecified atom stereocenters. The second-order valence-electron chi connectivity index (χ2n) is 11.3. The Hall–Kier alpha value is -3.02. The van der Waals surface area contributed by atoms with Crippen LogP contribution in [-0.4, -0.2) is 27.7 Å². The van der Waals surface area contributed by atoms with Crippen molar-refractivity contribution in [3.63, 3.8) is 0 Å². The maximum atomic E-state index is 13.9. The molecule has 0 saturated heterocycles. The largest absolute Gasteiger partial charge is 0.372 e. The Morgan fingerprint density at radius 1 is 0.950 bits per heavy atom. The minimum absolute atomic E-state index is 0.0354. The van der Waals surface area contributed by atoms with E-state index in [9.17, 15) is 4.79 Å². The van der Waals surface area contributed by atoms with Gasteiger partial charge in [-0.2, -0.15) is 4.52 Å². The number of H-pyrrole nitrogens is 1. The number of fused-ring (bicyclic) bond motifs is 1. The van der Waals surface area contributed by atoms with Crippen LogP contribution >= 0.6 is 0 Å². The lowest BCUT2D eigenvalue weighted by atomic mass is 10.0. The van der Waals surface area contributed by atoms with Crippen molar-refractivity contribution in [2.45, 2.75) is 119 Å². The van der Waals surface area contributed by atoms with Gasteiger partial charge in [-0.3, -0.25) is 9.89 Å². The van der Waals surface area contributed by atoms with Crippen molar-refractivity contribution < 1.29 is 0 Å². The van der Waals surface area contributed by atoms with Gasteiger partial charge in [-0.15, -0.1) is 0 Å². The second kappa shape index (κ2) is 15.7. The lowest BCUT2D eigenvalue weighted by Crippen LogP contribution is -2.23. The lowest BCUT2D eigenvalue weighted by molar-refractivity contribution is 0.612. The van der Waals surface area contributed by atoms with Crippen LogP contribution in [0.2, 0.25) is 0 Å². The molecule has 0 aliphatic rings. The summed E-state index contributed by atoms with van der Waals surface area (Å²) < 4.78 is 1.65. The topological polar surface area (TPSA) is 65.4 Å². The fourth-order valence-electron chi connectivity index (χ4n) is 5.55. The Morgan fingerprint density at radius 3 is 2.15 bits per heavy atom. The van der Waals surface area contributed by atoms with Gasteiger partial charge >= 0.3 is 0 Å². The average molecular weight is 548 g/mol. The molecule has 0 aliphatic carbocycles. The van der Waals surface area contributed by atoms with E-state index in [1.54, 1.807) is 4.52 Å². The summed E-state index contributed by atoms with van der Waals surface area (Å²) in [6.45, 7) is 19.1. The number of allylic oxidation sites excluding steroid dienone is 1. The third-order valence-electron chi connectivity index (χ3n) is 8.03. The number of aryl methyl sites for hydroxylation is 2. The molecule has 0 bridgehead atoms. The van der Waals surface area contributed by atoms with Gasteiger partial charge in [0.15, 0.2) is 5.65 Å². The van der Waals surface area contributed by atoms with Crippen molar-refractivity contribution in [2.24, 2.45) is 0 Å². The summed E-state index contributed by atoms with van der Waals surface area (Å²) >= 11 is 0. The smallest absolute Gasteiger partial charge is 0.276 e. The monoisotopic (exact) mass is 547 g/mol. The number of aromatic amines is 1. The summed E-state index contributed by atoms with van der Waals surface area (Å²) in [7, 11) is 0. The van der Waals surface area contributed by atoms with Gasteiger partial charge in [-0.05, 0) is 82.7 Å². The minimum atomic E-state index is 0.0354. The highest BCUT2D eigenvalue weighted by Crippen LogP contribution is 2.32. The number of benzene rings is 1. The molecule has 6 heteroatoms. The van der Waals surface area contributed by atoms with Crippen molar-refractivity contribution in [1.29, 1.82) is 0 Å². The minimum Gasteiger partial charge on any atom is -0.372 e. The second-order valence-corrected chi connectivity index (χ2v) is 11.3. The standard InChI is InChI=1S/C34H53N5O/c1-8-12-14-16-18-20-28-30(21-19-17-15-13-9-2)36-33-32(31(25(5)6)37-39(33)34(28)40)35-29-23-22-27(24-26(29)7)38(10-3)11-4/h22-24,35,37H,5,8-21H2,1-4,6-7H3. The molecule has 0 amide bonds. The fourth-order valence-corrected chi connectivity index (χ4v) is 5.55. The van der Waals surface area contributed by atoms with E-state index in [1.165, 1.54) is 50.6 Å². The Bertz CT molecular complexity index is 1300. The highest BCUT2D eigenvalue weighted by Gasteiger charge is 2.21. The SMILES string of the molecule is C=C(C)c1[nH]n2c(=O)c(CCCCCCC)c(CCCCCCC)nc2c1Nc1ccc(N(CC)CC)cc1C. The van der Waals surface area contributed by atoms with Crippen LogP contribution in [0.4, 0.5) is 17.1 Å². The molecule has 0 radical (unpaired) electrons. The van der Waals surface area contributed by atoms with Crippen molar-refractivity contribution in [3.05, 3.63) is 57.6 Å². The first-order chi connectivity index (χ1) is 19.4. The molecule has 2 heterocycles. The highest BCUT2D eigenvalue weighted by molar-refractivity contribution is 5.86. The van der Waals surface area contributed by atoms with E-state index in [0.717, 1.165) is 84.7 Å². The fraction of sp³-hybridized carbons (Fsp3) is 0.588. The molecular formula is C34H53N5O. The van der Waals surface area contributed by atoms with Crippen molar-refractivity contribution in [1.82, 2.24) is 14.6 Å². The van der Waals surface area contributed by atoms with E-state index in [4.69, 9.17) is 4.98 Å². The van der Waals surface area contributed by atoms with Crippen LogP contribution in [0.25, 0.3) is 11.2 Å². The molecule has 0 saturated carbocycles. The molecule has 2 N–H and O–H groups in total. The zero-order chi connectivity index (χ0) is 29.1. The van der Waals surface area contributed by atoms with Gasteiger partial charge in [0, 0.05) is 30.0 Å². The number of rotatable bonds is 18. The first-order valence-corrected chi connectivity index (χ1v) is 15.8. The molecule has 40 heavy (non-hydrogen) atoms. The van der Waals surface area contributed by atoms with Crippen molar-refractivity contribution >= 4 is 28.3 Å². The van der Waals surface area contributed by atoms with Crippen LogP contribution in [0.1, 0.15) is 121 Å². The number of aromatic nitrogens is 3. The molecule has 0 spiro atoms. The Labute approximate surface area is 242 Å². The first-order valence-electron chi connectivity index (χ1n) is 15.8. The van der Waals surface area contributed by atoms with Gasteiger partial charge < -0.3 is 10.2 Å². The molecule has 3 rings (SSSR count). The predicted molar refractivity (Wildman–Crippen MR) is 173 cm³/mol. The van der Waals surface area contributed by atoms with Gasteiger partial charge in [-0.1, -0.05) is 71.8 Å². The maximum absolute atomic E-state index is 13.9. The summed E-state index contributed by atoms with van der Waals surface area (Å²) in [6.07, 6.45) is 13.5. The third kappa shape index (κ3) is 7.80. The molecule has 2 aromatic heterocycles. The quantitative estimate of drug-likeness (QED) is 0.156. The zero-order valence-electron chi connectivity index (χ0n) is 26.1. The maximum Gasteiger partial charge on any atom is 0.276 e. The Balaban J connectivity index is 2.03. The van der Waals surface area contributed by atoms with Gasteiger partial charge in [0.25, 0.3) is 5.56 Å². The average Bonchev–Trinajstić information content (AvgIpc) is 3.30. The van der Waals surface area contributed by atoms with Crippen molar-refractivity contribution in [3.8, 4) is 0 Å². The van der Waals surface area contributed by atoms with E-state index in [1.807, 2.05) is 6.92 Å². The van der Waals surface area contributed by atoms with Crippen LogP contribution in [0.5, 0.6) is 0 Å². The number of nitrogens with zero attached hydrogens (tertiary/aromatic N) is 3. The van der Waals surface area contributed by atoms with Crippen LogP contribution in [-0.2, 0) is 12.8 Å². The molecular weight excluding hydrogens is 494 g/mol. The Kier molecular flexibility index (Phi) is 12.4. The number of unbranched alkanes of at least 4 members (excludes halogenated alkanes) is 8. The van der Waals surface area contributed by atoms with E-state index in [-0.39, 0.29) is 5.56 Å². The number of anilines is 3. The van der Waals surface area contributed by atoms with E-state index < -0.39 is 0 Å². The van der Waals surface area contributed by atoms with Crippen LogP contribution in [0, 0.1) is 6.92 Å². The van der Waals surface area contributed by atoms with Crippen LogP contribution in [0.3, 0.4) is 0 Å². The third-order valence-corrected chi connectivity index (χ3v) is 8.03. The molecule has 3 aromatic rings. The predicted octanol–water partition coefficient (Wildman–Crippen LogP) is 8.98. The number of hydrogen-bond acceptors (Lipinski definition) is 4. The van der Waals surface area contributed by atoms with Crippen LogP contribution in [0.15, 0.2) is 29.6 Å². The zero-order valence-corrected chi connectivity index (χ0v) is 26.1. The molecule has 0 aliphatic heterocycles. The summed E-state index contributed by atoms with van der Waals surface area (Å²) in [6, 6.07) is 6.52. The summed E-state index contributed by atoms with van der Waals surface area (Å²) in [5.74, 6) is 0. The summed E-state index contributed by atoms with van der Waals surface area (Å²) in [5.41, 5.74) is 8.44. The van der Waals surface area contributed by atoms with E-state index in [2.05, 4.69) is 74.7 Å². The molecule has 6 nitrogen and oxygen atoms in total. The van der Waals surface area contributed by atoms with Gasteiger partial charge in [0.1, 0.15) is 5.69 Å². The highest BCUT2D eigenvalue weighted by atomic mass is 16.1. The van der Waals surface area contributed by atoms with Crippen LogP contribution < -0.4 is 15.8 Å². The summed E-state index contributed by atoms with van der Waals surface area (Å²) in [5, 5.41) is 6.99. The molecule has 0 atom stereocenters. The lowest BCUT2D eigenvalue weighted by Gasteiger charge is -2.22. The molecule has 0 fully saturated rings.